The van der Waals surface area contributed by atoms with Gasteiger partial charge in [0.2, 0.25) is 0 Å². The maximum atomic E-state index is 14.2. The second-order valence-corrected chi connectivity index (χ2v) is 18.6. The fourth-order valence-corrected chi connectivity index (χ4v) is 13.0. The molecule has 0 radical (unpaired) electrons. The first-order valence-corrected chi connectivity index (χ1v) is 21.4. The number of esters is 2. The van der Waals surface area contributed by atoms with Gasteiger partial charge in [0.25, 0.3) is 0 Å². The van der Waals surface area contributed by atoms with E-state index < -0.39 is 23.5 Å². The second-order valence-electron chi connectivity index (χ2n) is 18.6. The Balaban J connectivity index is 0.881. The van der Waals surface area contributed by atoms with E-state index in [1.54, 1.807) is 79.7 Å². The first-order valence-electron chi connectivity index (χ1n) is 21.4. The number of carbonyl (C=O) groups is 7. The molecule has 6 aliphatic carbocycles. The van der Waals surface area contributed by atoms with E-state index in [1.165, 1.54) is 12.1 Å². The quantitative estimate of drug-likeness (QED) is 0.157. The average molecular weight is 803 g/mol. The van der Waals surface area contributed by atoms with E-state index in [2.05, 4.69) is 13.8 Å². The molecule has 0 amide bonds. The Labute approximate surface area is 348 Å². The van der Waals surface area contributed by atoms with Crippen LogP contribution in [0.15, 0.2) is 84.9 Å². The van der Waals surface area contributed by atoms with Crippen molar-refractivity contribution < 1.29 is 43.0 Å². The average Bonchev–Trinajstić information content (AvgIpc) is 3.63. The van der Waals surface area contributed by atoms with Crippen LogP contribution in [0, 0.1) is 40.4 Å². The normalized spacial score (nSPS) is 31.0. The van der Waals surface area contributed by atoms with Gasteiger partial charge in [-0.3, -0.25) is 24.0 Å². The topological polar surface area (TPSA) is 138 Å². The zero-order valence-corrected chi connectivity index (χ0v) is 34.0. The molecule has 0 saturated heterocycles. The Morgan fingerprint density at radius 1 is 0.550 bits per heavy atom. The lowest BCUT2D eigenvalue weighted by atomic mass is 9.44. The molecule has 9 nitrogen and oxygen atoms in total. The standard InChI is InChI=1S/C51H46O9/c1-26(52)40-18-19-41-37-17-14-29-24-30(59-48(57)27-12-15-35-38(22-27)46(55)33-10-6-4-8-31(33)44(35)53)20-21-50(29,2)42(37)25-43(51(40,41)3)60-49(58)28-13-16-36-39(23-28)47(56)34-11-7-5-9-32(34)45(36)54/h4-13,15-16,22-23,29-30,37,40-43H,14,17-21,24-25H2,1-3H3. The molecule has 10 rings (SSSR count). The van der Waals surface area contributed by atoms with Crippen LogP contribution in [0.3, 0.4) is 0 Å². The Kier molecular flexibility index (Phi) is 8.87. The predicted octanol–water partition coefficient (Wildman–Crippen LogP) is 8.85. The van der Waals surface area contributed by atoms with Crippen LogP contribution in [-0.4, -0.2) is 53.1 Å². The highest BCUT2D eigenvalue weighted by atomic mass is 16.5. The Morgan fingerprint density at radius 3 is 1.58 bits per heavy atom. The van der Waals surface area contributed by atoms with E-state index in [9.17, 15) is 33.6 Å². The summed E-state index contributed by atoms with van der Waals surface area (Å²) in [7, 11) is 0. The molecule has 304 valence electrons. The second kappa shape index (κ2) is 13.9. The summed E-state index contributed by atoms with van der Waals surface area (Å²) in [5.74, 6) is -1.32. The van der Waals surface area contributed by atoms with Gasteiger partial charge < -0.3 is 9.47 Å². The van der Waals surface area contributed by atoms with Gasteiger partial charge in [0, 0.05) is 55.8 Å². The number of Topliss-reactive ketones (excluding diaryl/α,β-unsaturated/α-hetero) is 1. The Hall–Kier alpha value is -5.83. The van der Waals surface area contributed by atoms with Crippen molar-refractivity contribution in [2.75, 3.05) is 0 Å². The van der Waals surface area contributed by atoms with E-state index in [-0.39, 0.29) is 97.5 Å². The van der Waals surface area contributed by atoms with E-state index in [4.69, 9.17) is 9.47 Å². The number of hydrogen-bond acceptors (Lipinski definition) is 9. The molecule has 0 spiro atoms. The molecule has 0 N–H and O–H groups in total. The van der Waals surface area contributed by atoms with Crippen molar-refractivity contribution in [1.29, 1.82) is 0 Å². The lowest BCUT2D eigenvalue weighted by Gasteiger charge is -2.62. The summed E-state index contributed by atoms with van der Waals surface area (Å²) in [5.41, 5.74) is 2.06. The van der Waals surface area contributed by atoms with Crippen molar-refractivity contribution in [1.82, 2.24) is 0 Å². The fraction of sp³-hybridized carbons (Fsp3) is 0.392. The molecule has 9 unspecified atom stereocenters. The van der Waals surface area contributed by atoms with Crippen molar-refractivity contribution in [2.24, 2.45) is 40.4 Å². The summed E-state index contributed by atoms with van der Waals surface area (Å²) in [4.78, 5) is 94.5. The van der Waals surface area contributed by atoms with Crippen LogP contribution < -0.4 is 0 Å². The van der Waals surface area contributed by atoms with Gasteiger partial charge in [-0.05, 0) is 124 Å². The van der Waals surface area contributed by atoms with Crippen LogP contribution in [0.2, 0.25) is 0 Å². The zero-order valence-electron chi connectivity index (χ0n) is 34.0. The van der Waals surface area contributed by atoms with Gasteiger partial charge in [0.05, 0.1) is 11.1 Å². The van der Waals surface area contributed by atoms with Crippen LogP contribution in [-0.2, 0) is 14.3 Å². The predicted molar refractivity (Wildman–Crippen MR) is 219 cm³/mol. The summed E-state index contributed by atoms with van der Waals surface area (Å²) in [6.07, 6.45) is 5.47. The van der Waals surface area contributed by atoms with Crippen molar-refractivity contribution in [3.63, 3.8) is 0 Å². The molecule has 0 aliphatic heterocycles. The molecule has 60 heavy (non-hydrogen) atoms. The van der Waals surface area contributed by atoms with Gasteiger partial charge in [-0.1, -0.05) is 62.4 Å². The highest BCUT2D eigenvalue weighted by Crippen LogP contribution is 2.68. The first-order chi connectivity index (χ1) is 28.8. The van der Waals surface area contributed by atoms with Gasteiger partial charge >= 0.3 is 11.9 Å². The highest BCUT2D eigenvalue weighted by molar-refractivity contribution is 6.29. The van der Waals surface area contributed by atoms with Crippen LogP contribution >= 0.6 is 0 Å². The molecule has 6 aliphatic rings. The summed E-state index contributed by atoms with van der Waals surface area (Å²) < 4.78 is 12.7. The number of hydrogen-bond donors (Lipinski definition) is 0. The molecule has 4 aromatic rings. The Morgan fingerprint density at radius 2 is 1.05 bits per heavy atom. The summed E-state index contributed by atoms with van der Waals surface area (Å²) in [6.45, 7) is 6.14. The maximum absolute atomic E-state index is 14.2. The number of rotatable bonds is 5. The smallest absolute Gasteiger partial charge is 0.338 e. The van der Waals surface area contributed by atoms with Crippen LogP contribution in [0.25, 0.3) is 0 Å². The van der Waals surface area contributed by atoms with Crippen molar-refractivity contribution in [3.8, 4) is 0 Å². The van der Waals surface area contributed by atoms with Gasteiger partial charge in [-0.25, -0.2) is 9.59 Å². The summed E-state index contributed by atoms with van der Waals surface area (Å²) in [6, 6.07) is 22.6. The van der Waals surface area contributed by atoms with E-state index in [1.807, 2.05) is 0 Å². The monoisotopic (exact) mass is 802 g/mol. The number of ether oxygens (including phenoxy) is 2. The number of fused-ring (bicyclic) bond motifs is 9. The minimum atomic E-state index is -0.569. The molecule has 9 heteroatoms. The molecule has 0 aromatic heterocycles. The van der Waals surface area contributed by atoms with E-state index >= 15 is 0 Å². The fourth-order valence-electron chi connectivity index (χ4n) is 13.0. The molecule has 0 bridgehead atoms. The summed E-state index contributed by atoms with van der Waals surface area (Å²) in [5, 5.41) is 0. The van der Waals surface area contributed by atoms with Gasteiger partial charge in [-0.15, -0.1) is 0 Å². The van der Waals surface area contributed by atoms with Gasteiger partial charge in [-0.2, -0.15) is 0 Å². The van der Waals surface area contributed by atoms with Crippen molar-refractivity contribution >= 4 is 40.9 Å². The Bertz CT molecular complexity index is 2600. The van der Waals surface area contributed by atoms with E-state index in [0.717, 1.165) is 32.1 Å². The number of benzene rings is 4. The van der Waals surface area contributed by atoms with Crippen LogP contribution in [0.4, 0.5) is 0 Å². The lowest BCUT2D eigenvalue weighted by Crippen LogP contribution is -2.59. The molecule has 4 fully saturated rings. The number of carbonyl (C=O) groups excluding carboxylic acids is 7. The highest BCUT2D eigenvalue weighted by Gasteiger charge is 2.65. The minimum absolute atomic E-state index is 0.109. The first kappa shape index (κ1) is 38.4. The van der Waals surface area contributed by atoms with Crippen molar-refractivity contribution in [3.05, 3.63) is 141 Å². The summed E-state index contributed by atoms with van der Waals surface area (Å²) >= 11 is 0. The van der Waals surface area contributed by atoms with Crippen LogP contribution in [0.5, 0.6) is 0 Å². The zero-order chi connectivity index (χ0) is 41.8. The molecule has 9 atom stereocenters. The van der Waals surface area contributed by atoms with Gasteiger partial charge in [0.1, 0.15) is 18.0 Å². The third-order valence-electron chi connectivity index (χ3n) is 16.0. The molecular formula is C51H46O9. The number of ketones is 5. The lowest BCUT2D eigenvalue weighted by molar-refractivity contribution is -0.175. The molecule has 4 aromatic carbocycles. The molecule has 0 heterocycles. The van der Waals surface area contributed by atoms with Gasteiger partial charge in [0.15, 0.2) is 23.1 Å². The third-order valence-corrected chi connectivity index (χ3v) is 16.0. The SMILES string of the molecule is CC(=O)C1CCC2C3CCC4CC(OC(=O)c5ccc6c(c5)C(=O)c5ccccc5C6=O)CCC4(C)C3CC(OC(=O)c3ccc4c(c3)C(=O)c3ccccc3C4=O)C12C. The minimum Gasteiger partial charge on any atom is -0.459 e. The van der Waals surface area contributed by atoms with E-state index in [0.29, 0.717) is 47.4 Å². The van der Waals surface area contributed by atoms with Crippen molar-refractivity contribution in [2.45, 2.75) is 84.3 Å². The maximum Gasteiger partial charge on any atom is 0.338 e. The van der Waals surface area contributed by atoms with Crippen LogP contribution in [0.1, 0.15) is 157 Å². The molecule has 4 saturated carbocycles. The largest absolute Gasteiger partial charge is 0.459 e. The molecular weight excluding hydrogens is 757 g/mol. The third kappa shape index (κ3) is 5.60.